The zero-order valence-electron chi connectivity index (χ0n) is 19.0. The van der Waals surface area contributed by atoms with Gasteiger partial charge in [-0.15, -0.1) is 0 Å². The van der Waals surface area contributed by atoms with Crippen LogP contribution in [0.2, 0.25) is 0 Å². The minimum atomic E-state index is -3.94. The van der Waals surface area contributed by atoms with E-state index in [1.165, 1.54) is 24.3 Å². The number of rotatable bonds is 10. The number of amides is 3. The summed E-state index contributed by atoms with van der Waals surface area (Å²) >= 11 is 0. The van der Waals surface area contributed by atoms with Crippen LogP contribution in [0.4, 0.5) is 5.69 Å². The summed E-state index contributed by atoms with van der Waals surface area (Å²) in [4.78, 5) is 35.4. The van der Waals surface area contributed by atoms with Gasteiger partial charge in [-0.3, -0.25) is 14.4 Å². The van der Waals surface area contributed by atoms with Crippen LogP contribution in [0.1, 0.15) is 29.3 Å². The van der Waals surface area contributed by atoms with E-state index in [1.807, 2.05) is 35.1 Å². The van der Waals surface area contributed by atoms with Gasteiger partial charge < -0.3 is 15.4 Å². The van der Waals surface area contributed by atoms with Crippen molar-refractivity contribution in [3.05, 3.63) is 90.0 Å². The summed E-state index contributed by atoms with van der Waals surface area (Å²) in [5.41, 5.74) is 1.61. The van der Waals surface area contributed by atoms with Gasteiger partial charge in [-0.25, -0.2) is 13.1 Å². The molecule has 182 valence electrons. The molecule has 3 rings (SSSR count). The molecule has 0 fully saturated rings. The lowest BCUT2D eigenvalue weighted by atomic mass is 10.1. The Morgan fingerprint density at radius 3 is 2.14 bits per heavy atom. The topological polar surface area (TPSA) is 131 Å². The van der Waals surface area contributed by atoms with Gasteiger partial charge in [0.25, 0.3) is 15.9 Å². The molecule has 3 N–H and O–H groups in total. The molecule has 0 aliphatic heterocycles. The molecule has 0 saturated carbocycles. The maximum Gasteiger partial charge on any atom is 0.264 e. The van der Waals surface area contributed by atoms with Gasteiger partial charge in [-0.2, -0.15) is 0 Å². The lowest BCUT2D eigenvalue weighted by Crippen LogP contribution is -2.28. The fraction of sp³-hybridized carbons (Fsp3) is 0.160. The molecule has 3 amide bonds. The third-order valence-corrected chi connectivity index (χ3v) is 6.20. The van der Waals surface area contributed by atoms with Crippen molar-refractivity contribution in [1.29, 1.82) is 0 Å². The molecule has 3 aromatic rings. The molecule has 0 bridgehead atoms. The van der Waals surface area contributed by atoms with Gasteiger partial charge >= 0.3 is 0 Å². The molecule has 0 aliphatic carbocycles. The van der Waals surface area contributed by atoms with Crippen LogP contribution in [0.25, 0.3) is 0 Å². The van der Waals surface area contributed by atoms with Crippen LogP contribution >= 0.6 is 0 Å². The number of anilines is 1. The average Bonchev–Trinajstić information content (AvgIpc) is 2.83. The van der Waals surface area contributed by atoms with E-state index in [0.717, 1.165) is 12.5 Å². The Hall–Kier alpha value is -4.18. The molecule has 0 radical (unpaired) electrons. The van der Waals surface area contributed by atoms with Gasteiger partial charge in [0.2, 0.25) is 11.8 Å². The van der Waals surface area contributed by atoms with Crippen LogP contribution in [-0.2, 0) is 26.2 Å². The van der Waals surface area contributed by atoms with E-state index in [-0.39, 0.29) is 29.7 Å². The summed E-state index contributed by atoms with van der Waals surface area (Å²) < 4.78 is 31.3. The highest BCUT2D eigenvalue weighted by atomic mass is 32.2. The first-order valence-electron chi connectivity index (χ1n) is 10.7. The number of hydrogen-bond donors (Lipinski definition) is 3. The fourth-order valence-electron chi connectivity index (χ4n) is 3.01. The number of para-hydroxylation sites is 1. The van der Waals surface area contributed by atoms with Crippen molar-refractivity contribution < 1.29 is 27.5 Å². The van der Waals surface area contributed by atoms with Gasteiger partial charge in [-0.1, -0.05) is 30.3 Å². The van der Waals surface area contributed by atoms with Gasteiger partial charge in [0, 0.05) is 24.7 Å². The van der Waals surface area contributed by atoms with Crippen LogP contribution in [0.15, 0.2) is 83.8 Å². The van der Waals surface area contributed by atoms with Crippen molar-refractivity contribution >= 4 is 33.4 Å². The average molecular weight is 496 g/mol. The largest absolute Gasteiger partial charge is 0.493 e. The summed E-state index contributed by atoms with van der Waals surface area (Å²) in [5.74, 6) is -0.509. The molecule has 0 aliphatic rings. The maximum atomic E-state index is 12.5. The number of sulfonamides is 1. The molecule has 0 aromatic heterocycles. The molecule has 0 heterocycles. The summed E-state index contributed by atoms with van der Waals surface area (Å²) in [7, 11) is -3.94. The second-order valence-electron chi connectivity index (χ2n) is 7.53. The van der Waals surface area contributed by atoms with Gasteiger partial charge in [0.15, 0.2) is 0 Å². The highest BCUT2D eigenvalue weighted by Gasteiger charge is 2.15. The molecule has 35 heavy (non-hydrogen) atoms. The molecule has 0 saturated heterocycles. The summed E-state index contributed by atoms with van der Waals surface area (Å²) in [6, 6.07) is 21.4. The standard InChI is InChI=1S/C25H25N3O6S/c1-18(29)28-35(32,33)23-13-11-21(12-14-23)27-25(31)20-9-7-19(8-10-20)17-26-24(30)15-16-34-22-5-3-2-4-6-22/h2-14H,15-17H2,1H3,(H,26,30)(H,27,31)(H,28,29). The first-order valence-corrected chi connectivity index (χ1v) is 12.2. The number of hydrogen-bond acceptors (Lipinski definition) is 6. The lowest BCUT2D eigenvalue weighted by Gasteiger charge is -2.09. The predicted octanol–water partition coefficient (Wildman–Crippen LogP) is 2.85. The van der Waals surface area contributed by atoms with Crippen molar-refractivity contribution in [3.63, 3.8) is 0 Å². The first-order chi connectivity index (χ1) is 16.7. The zero-order valence-corrected chi connectivity index (χ0v) is 19.8. The minimum Gasteiger partial charge on any atom is -0.493 e. The Bertz CT molecular complexity index is 1280. The molecule has 0 spiro atoms. The van der Waals surface area contributed by atoms with Crippen LogP contribution < -0.4 is 20.1 Å². The van der Waals surface area contributed by atoms with E-state index >= 15 is 0 Å². The quantitative estimate of drug-likeness (QED) is 0.396. The predicted molar refractivity (Wildman–Crippen MR) is 130 cm³/mol. The molecule has 10 heteroatoms. The van der Waals surface area contributed by atoms with Crippen molar-refractivity contribution in [3.8, 4) is 5.75 Å². The molecule has 0 atom stereocenters. The lowest BCUT2D eigenvalue weighted by molar-refractivity contribution is -0.121. The van der Waals surface area contributed by atoms with Gasteiger partial charge in [0.05, 0.1) is 17.9 Å². The number of ether oxygens (including phenoxy) is 1. The summed E-state index contributed by atoms with van der Waals surface area (Å²) in [6.07, 6.45) is 0.223. The zero-order chi connectivity index (χ0) is 25.3. The van der Waals surface area contributed by atoms with E-state index in [2.05, 4.69) is 10.6 Å². The van der Waals surface area contributed by atoms with Crippen LogP contribution in [0.5, 0.6) is 5.75 Å². The third-order valence-electron chi connectivity index (χ3n) is 4.75. The third kappa shape index (κ3) is 7.97. The van der Waals surface area contributed by atoms with Gasteiger partial charge in [-0.05, 0) is 54.1 Å². The first kappa shape index (κ1) is 25.4. The highest BCUT2D eigenvalue weighted by Crippen LogP contribution is 2.15. The second-order valence-corrected chi connectivity index (χ2v) is 9.21. The Labute approximate surface area is 203 Å². The monoisotopic (exact) mass is 495 g/mol. The Balaban J connectivity index is 1.46. The SMILES string of the molecule is CC(=O)NS(=O)(=O)c1ccc(NC(=O)c2ccc(CNC(=O)CCOc3ccccc3)cc2)cc1. The smallest absolute Gasteiger partial charge is 0.264 e. The molecular formula is C25H25N3O6S. The summed E-state index contributed by atoms with van der Waals surface area (Å²) in [6.45, 7) is 1.69. The number of benzene rings is 3. The number of nitrogens with one attached hydrogen (secondary N) is 3. The van der Waals surface area contributed by atoms with Crippen LogP contribution in [0, 0.1) is 0 Å². The van der Waals surface area contributed by atoms with E-state index < -0.39 is 15.9 Å². The number of carbonyl (C=O) groups is 3. The highest BCUT2D eigenvalue weighted by molar-refractivity contribution is 7.90. The summed E-state index contributed by atoms with van der Waals surface area (Å²) in [5, 5.41) is 5.49. The van der Waals surface area contributed by atoms with Gasteiger partial charge in [0.1, 0.15) is 5.75 Å². The van der Waals surface area contributed by atoms with E-state index in [4.69, 9.17) is 4.74 Å². The van der Waals surface area contributed by atoms with Crippen molar-refractivity contribution in [2.45, 2.75) is 24.8 Å². The Kier molecular flexibility index (Phi) is 8.58. The van der Waals surface area contributed by atoms with Crippen molar-refractivity contribution in [2.75, 3.05) is 11.9 Å². The Morgan fingerprint density at radius 2 is 1.51 bits per heavy atom. The molecular weight excluding hydrogens is 470 g/mol. The van der Waals surface area contributed by atoms with Crippen molar-refractivity contribution in [2.24, 2.45) is 0 Å². The van der Waals surface area contributed by atoms with E-state index in [1.54, 1.807) is 24.3 Å². The number of carbonyl (C=O) groups excluding carboxylic acids is 3. The second kappa shape index (κ2) is 11.8. The molecule has 9 nitrogen and oxygen atoms in total. The van der Waals surface area contributed by atoms with Crippen LogP contribution in [-0.4, -0.2) is 32.7 Å². The van der Waals surface area contributed by atoms with Crippen LogP contribution in [0.3, 0.4) is 0 Å². The van der Waals surface area contributed by atoms with Crippen molar-refractivity contribution in [1.82, 2.24) is 10.0 Å². The molecule has 0 unspecified atom stereocenters. The normalized spacial score (nSPS) is 10.8. The maximum absolute atomic E-state index is 12.5. The van der Waals surface area contributed by atoms with E-state index in [9.17, 15) is 22.8 Å². The minimum absolute atomic E-state index is 0.0938. The molecule has 3 aromatic carbocycles. The Morgan fingerprint density at radius 1 is 0.857 bits per heavy atom. The fourth-order valence-corrected chi connectivity index (χ4v) is 4.00. The van der Waals surface area contributed by atoms with E-state index in [0.29, 0.717) is 23.5 Å².